The predicted octanol–water partition coefficient (Wildman–Crippen LogP) is 1.73. The molecular weight excluding hydrogens is 202 g/mol. The molecule has 0 aromatic carbocycles. The zero-order valence-electron chi connectivity index (χ0n) is 9.88. The number of hydrogen-bond donors (Lipinski definition) is 1. The molecule has 0 aliphatic rings. The van der Waals surface area contributed by atoms with Gasteiger partial charge in [0.2, 0.25) is 0 Å². The minimum Gasteiger partial charge on any atom is -0.387 e. The smallest absolute Gasteiger partial charge is 0.0931 e. The zero-order chi connectivity index (χ0) is 12.1. The van der Waals surface area contributed by atoms with E-state index >= 15 is 0 Å². The number of rotatable bonds is 4. The first kappa shape index (κ1) is 12.5. The molecule has 0 aliphatic heterocycles. The summed E-state index contributed by atoms with van der Waals surface area (Å²) in [7, 11) is 1.92. The highest BCUT2D eigenvalue weighted by Gasteiger charge is 2.07. The molecule has 0 saturated heterocycles. The predicted molar refractivity (Wildman–Crippen MR) is 62.9 cm³/mol. The number of hydrogen-bond acceptors (Lipinski definition) is 4. The van der Waals surface area contributed by atoms with Crippen LogP contribution in [0.3, 0.4) is 0 Å². The van der Waals surface area contributed by atoms with Gasteiger partial charge in [-0.1, -0.05) is 0 Å². The van der Waals surface area contributed by atoms with Crippen molar-refractivity contribution in [2.24, 2.45) is 5.92 Å². The average molecular weight is 219 g/mol. The van der Waals surface area contributed by atoms with Gasteiger partial charge in [-0.25, -0.2) is 0 Å². The maximum atomic E-state index is 9.32. The number of aromatic nitrogens is 1. The maximum Gasteiger partial charge on any atom is 0.0931 e. The molecule has 0 aliphatic carbocycles. The molecule has 4 nitrogen and oxygen atoms in total. The topological polar surface area (TPSA) is 60.2 Å². The monoisotopic (exact) mass is 219 g/mol. The van der Waals surface area contributed by atoms with Gasteiger partial charge in [-0.15, -0.1) is 0 Å². The molecule has 1 rings (SSSR count). The fourth-order valence-corrected chi connectivity index (χ4v) is 1.43. The minimum absolute atomic E-state index is 0.0126. The van der Waals surface area contributed by atoms with E-state index in [2.05, 4.69) is 11.1 Å². The largest absolute Gasteiger partial charge is 0.387 e. The van der Waals surface area contributed by atoms with E-state index in [1.807, 2.05) is 24.9 Å². The molecule has 0 spiro atoms. The van der Waals surface area contributed by atoms with Gasteiger partial charge in [-0.3, -0.25) is 4.98 Å². The summed E-state index contributed by atoms with van der Waals surface area (Å²) in [6.45, 7) is 4.24. The molecule has 1 aromatic heterocycles. The fourth-order valence-electron chi connectivity index (χ4n) is 1.43. The van der Waals surface area contributed by atoms with Gasteiger partial charge >= 0.3 is 0 Å². The van der Waals surface area contributed by atoms with Crippen LogP contribution in [0.15, 0.2) is 18.3 Å². The summed E-state index contributed by atoms with van der Waals surface area (Å²) in [5, 5.41) is 18.0. The number of aliphatic hydroxyl groups excluding tert-OH is 1. The van der Waals surface area contributed by atoms with E-state index in [1.165, 1.54) is 0 Å². The summed E-state index contributed by atoms with van der Waals surface area (Å²) in [4.78, 5) is 6.14. The van der Waals surface area contributed by atoms with Crippen LogP contribution in [0.2, 0.25) is 0 Å². The van der Waals surface area contributed by atoms with E-state index in [0.29, 0.717) is 12.2 Å². The molecule has 0 radical (unpaired) electrons. The van der Waals surface area contributed by atoms with Crippen LogP contribution in [0.25, 0.3) is 0 Å². The number of nitrogens with zero attached hydrogens (tertiary/aromatic N) is 3. The van der Waals surface area contributed by atoms with Crippen molar-refractivity contribution in [3.63, 3.8) is 0 Å². The van der Waals surface area contributed by atoms with Gasteiger partial charge in [-0.2, -0.15) is 5.26 Å². The molecule has 0 saturated carbocycles. The van der Waals surface area contributed by atoms with E-state index < -0.39 is 6.10 Å². The second-order valence-electron chi connectivity index (χ2n) is 4.03. The van der Waals surface area contributed by atoms with Gasteiger partial charge < -0.3 is 10.0 Å². The second kappa shape index (κ2) is 5.47. The molecule has 16 heavy (non-hydrogen) atoms. The zero-order valence-corrected chi connectivity index (χ0v) is 9.88. The van der Waals surface area contributed by atoms with Gasteiger partial charge in [0.05, 0.1) is 35.7 Å². The van der Waals surface area contributed by atoms with Crippen molar-refractivity contribution >= 4 is 5.69 Å². The van der Waals surface area contributed by atoms with Crippen LogP contribution in [-0.2, 0) is 0 Å². The lowest BCUT2D eigenvalue weighted by Gasteiger charge is -2.20. The highest BCUT2D eigenvalue weighted by Crippen LogP contribution is 2.15. The van der Waals surface area contributed by atoms with Crippen molar-refractivity contribution in [3.05, 3.63) is 24.0 Å². The Kier molecular flexibility index (Phi) is 4.27. The number of nitriles is 1. The Labute approximate surface area is 96.2 Å². The lowest BCUT2D eigenvalue weighted by Crippen LogP contribution is -2.23. The van der Waals surface area contributed by atoms with Crippen molar-refractivity contribution in [1.82, 2.24) is 4.98 Å². The normalized spacial score (nSPS) is 13.9. The lowest BCUT2D eigenvalue weighted by atomic mass is 10.2. The summed E-state index contributed by atoms with van der Waals surface area (Å²) in [5.41, 5.74) is 1.61. The fraction of sp³-hybridized carbons (Fsp3) is 0.500. The van der Waals surface area contributed by atoms with Crippen LogP contribution in [-0.4, -0.2) is 23.7 Å². The van der Waals surface area contributed by atoms with Gasteiger partial charge in [0.25, 0.3) is 0 Å². The van der Waals surface area contributed by atoms with Gasteiger partial charge in [0.1, 0.15) is 0 Å². The first-order valence-corrected chi connectivity index (χ1v) is 5.29. The standard InChI is InChI=1S/C12H17N3O/c1-9(6-13)8-15(3)11-4-5-12(10(2)16)14-7-11/h4-5,7,9-10,16H,8H2,1-3H3/t9?,10-/m1/s1. The summed E-state index contributed by atoms with van der Waals surface area (Å²) >= 11 is 0. The third-order valence-electron chi connectivity index (χ3n) is 2.41. The van der Waals surface area contributed by atoms with E-state index in [0.717, 1.165) is 5.69 Å². The van der Waals surface area contributed by atoms with Gasteiger partial charge in [0, 0.05) is 13.6 Å². The summed E-state index contributed by atoms with van der Waals surface area (Å²) < 4.78 is 0. The molecule has 86 valence electrons. The molecule has 0 bridgehead atoms. The van der Waals surface area contributed by atoms with Crippen LogP contribution in [0.4, 0.5) is 5.69 Å². The van der Waals surface area contributed by atoms with Crippen molar-refractivity contribution in [3.8, 4) is 6.07 Å². The minimum atomic E-state index is -0.544. The first-order chi connectivity index (χ1) is 7.54. The van der Waals surface area contributed by atoms with Crippen molar-refractivity contribution in [2.45, 2.75) is 20.0 Å². The number of aliphatic hydroxyl groups is 1. The van der Waals surface area contributed by atoms with E-state index in [9.17, 15) is 5.11 Å². The molecule has 0 amide bonds. The van der Waals surface area contributed by atoms with Crippen molar-refractivity contribution < 1.29 is 5.11 Å². The third kappa shape index (κ3) is 3.21. The molecule has 4 heteroatoms. The Morgan fingerprint density at radius 3 is 2.62 bits per heavy atom. The quantitative estimate of drug-likeness (QED) is 0.837. The van der Waals surface area contributed by atoms with Crippen LogP contribution < -0.4 is 4.90 Å². The van der Waals surface area contributed by atoms with Crippen molar-refractivity contribution in [1.29, 1.82) is 5.26 Å². The highest BCUT2D eigenvalue weighted by molar-refractivity contribution is 5.44. The molecular formula is C12H17N3O. The van der Waals surface area contributed by atoms with Gasteiger partial charge in [0.15, 0.2) is 0 Å². The van der Waals surface area contributed by atoms with E-state index in [-0.39, 0.29) is 5.92 Å². The molecule has 0 fully saturated rings. The Bertz CT molecular complexity index is 367. The van der Waals surface area contributed by atoms with Crippen LogP contribution in [0, 0.1) is 17.2 Å². The Morgan fingerprint density at radius 1 is 1.50 bits per heavy atom. The Morgan fingerprint density at radius 2 is 2.19 bits per heavy atom. The molecule has 1 aromatic rings. The molecule has 2 atom stereocenters. The van der Waals surface area contributed by atoms with Gasteiger partial charge in [-0.05, 0) is 26.0 Å². The third-order valence-corrected chi connectivity index (χ3v) is 2.41. The summed E-state index contributed by atoms with van der Waals surface area (Å²) in [5.74, 6) is -0.0126. The van der Waals surface area contributed by atoms with Crippen LogP contribution in [0.5, 0.6) is 0 Å². The maximum absolute atomic E-state index is 9.32. The lowest BCUT2D eigenvalue weighted by molar-refractivity contribution is 0.194. The molecule has 1 N–H and O–H groups in total. The van der Waals surface area contributed by atoms with Crippen LogP contribution in [0.1, 0.15) is 25.6 Å². The van der Waals surface area contributed by atoms with Crippen LogP contribution >= 0.6 is 0 Å². The highest BCUT2D eigenvalue weighted by atomic mass is 16.3. The summed E-state index contributed by atoms with van der Waals surface area (Å²) in [6, 6.07) is 5.89. The SMILES string of the molecule is CC(C#N)CN(C)c1ccc([C@@H](C)O)nc1. The number of pyridine rings is 1. The first-order valence-electron chi connectivity index (χ1n) is 5.29. The molecule has 1 heterocycles. The van der Waals surface area contributed by atoms with E-state index in [4.69, 9.17) is 5.26 Å². The number of anilines is 1. The second-order valence-corrected chi connectivity index (χ2v) is 4.03. The average Bonchev–Trinajstić information content (AvgIpc) is 2.28. The molecule has 1 unspecified atom stereocenters. The summed E-state index contributed by atoms with van der Waals surface area (Å²) in [6.07, 6.45) is 1.17. The Balaban J connectivity index is 2.71. The van der Waals surface area contributed by atoms with E-state index in [1.54, 1.807) is 19.2 Å². The van der Waals surface area contributed by atoms with Crippen molar-refractivity contribution in [2.75, 3.05) is 18.5 Å². The Hall–Kier alpha value is -1.60.